The smallest absolute Gasteiger partial charge is 0.474 e. The van der Waals surface area contributed by atoms with E-state index in [-0.39, 0.29) is 17.7 Å². The second-order valence-electron chi connectivity index (χ2n) is 7.80. The molecule has 0 unspecified atom stereocenters. The molecule has 0 amide bonds. The molecule has 3 heterocycles. The van der Waals surface area contributed by atoms with Crippen LogP contribution in [0.3, 0.4) is 0 Å². The van der Waals surface area contributed by atoms with Gasteiger partial charge in [0, 0.05) is 38.3 Å². The van der Waals surface area contributed by atoms with Crippen LogP contribution >= 0.6 is 0 Å². The highest BCUT2D eigenvalue weighted by Gasteiger charge is 2.31. The van der Waals surface area contributed by atoms with Crippen molar-refractivity contribution >= 4 is 11.7 Å². The minimum Gasteiger partial charge on any atom is -0.474 e. The lowest BCUT2D eigenvalue weighted by molar-refractivity contribution is -0.274. The largest absolute Gasteiger partial charge is 0.573 e. The zero-order valence-electron chi connectivity index (χ0n) is 19.1. The number of halogens is 3. The predicted octanol–water partition coefficient (Wildman–Crippen LogP) is 4.32. The number of hydrogen-bond acceptors (Lipinski definition) is 9. The fourth-order valence-corrected chi connectivity index (χ4v) is 3.48. The number of piperidine rings is 1. The standard InChI is InChI=1S/C23H23F3N6O3/c1-15-20(33-18-8-12-32(13-9-18)22-27-10-3-11-28-22)29-14-30-21(15)35-31-16(2)17-4-6-19(7-5-17)34-23(24,25)26/h3-7,10-11,14,18H,8-9,12-13H2,1-2H3/b31-16-. The molecule has 1 saturated heterocycles. The Kier molecular flexibility index (Phi) is 7.28. The monoisotopic (exact) mass is 488 g/mol. The van der Waals surface area contributed by atoms with Crippen LogP contribution in [0.15, 0.2) is 54.2 Å². The molecule has 0 aliphatic carbocycles. The maximum absolute atomic E-state index is 12.3. The summed E-state index contributed by atoms with van der Waals surface area (Å²) in [5, 5.41) is 4.05. The van der Waals surface area contributed by atoms with Crippen LogP contribution in [-0.2, 0) is 0 Å². The number of aromatic nitrogens is 4. The van der Waals surface area contributed by atoms with Crippen molar-refractivity contribution in [2.24, 2.45) is 5.16 Å². The van der Waals surface area contributed by atoms with E-state index in [1.54, 1.807) is 32.3 Å². The van der Waals surface area contributed by atoms with Gasteiger partial charge in [0.25, 0.3) is 5.88 Å². The molecule has 0 saturated carbocycles. The number of rotatable bonds is 7. The van der Waals surface area contributed by atoms with E-state index < -0.39 is 6.36 Å². The van der Waals surface area contributed by atoms with Gasteiger partial charge in [0.05, 0.1) is 11.3 Å². The maximum atomic E-state index is 12.3. The SMILES string of the molecule is C/C(=N/Oc1ncnc(OC2CCN(c3ncccn3)CC2)c1C)c1ccc(OC(F)(F)F)cc1. The second kappa shape index (κ2) is 10.5. The summed E-state index contributed by atoms with van der Waals surface area (Å²) >= 11 is 0. The molecule has 1 aliphatic rings. The van der Waals surface area contributed by atoms with Crippen molar-refractivity contribution in [3.8, 4) is 17.5 Å². The average Bonchev–Trinajstić information content (AvgIpc) is 2.85. The van der Waals surface area contributed by atoms with Gasteiger partial charge in [0.2, 0.25) is 11.8 Å². The van der Waals surface area contributed by atoms with Gasteiger partial charge in [0.1, 0.15) is 18.2 Å². The predicted molar refractivity (Wildman–Crippen MR) is 121 cm³/mol. The van der Waals surface area contributed by atoms with Crippen LogP contribution in [0.2, 0.25) is 0 Å². The van der Waals surface area contributed by atoms with Crippen LogP contribution in [-0.4, -0.2) is 51.2 Å². The summed E-state index contributed by atoms with van der Waals surface area (Å²) in [7, 11) is 0. The van der Waals surface area contributed by atoms with Gasteiger partial charge in [-0.15, -0.1) is 13.2 Å². The lowest BCUT2D eigenvalue weighted by Crippen LogP contribution is -2.39. The molecule has 0 atom stereocenters. The number of ether oxygens (including phenoxy) is 2. The summed E-state index contributed by atoms with van der Waals surface area (Å²) in [6.07, 6.45) is 1.56. The minimum absolute atomic E-state index is 0.0286. The first-order valence-electron chi connectivity index (χ1n) is 10.9. The van der Waals surface area contributed by atoms with Crippen molar-refractivity contribution in [2.75, 3.05) is 18.0 Å². The molecule has 12 heteroatoms. The van der Waals surface area contributed by atoms with Gasteiger partial charge in [-0.05, 0) is 49.7 Å². The van der Waals surface area contributed by atoms with Crippen molar-refractivity contribution < 1.29 is 27.5 Å². The van der Waals surface area contributed by atoms with E-state index in [9.17, 15) is 13.2 Å². The fraction of sp³-hybridized carbons (Fsp3) is 0.348. The average molecular weight is 488 g/mol. The Bertz CT molecular complexity index is 1150. The molecule has 3 aromatic rings. The lowest BCUT2D eigenvalue weighted by Gasteiger charge is -2.32. The zero-order chi connectivity index (χ0) is 24.8. The molecule has 2 aromatic heterocycles. The van der Waals surface area contributed by atoms with Crippen LogP contribution in [0.1, 0.15) is 30.9 Å². The molecular formula is C23H23F3N6O3. The molecule has 9 nitrogen and oxygen atoms in total. The van der Waals surface area contributed by atoms with E-state index in [0.717, 1.165) is 25.9 Å². The second-order valence-corrected chi connectivity index (χ2v) is 7.80. The van der Waals surface area contributed by atoms with Gasteiger partial charge >= 0.3 is 6.36 Å². The highest BCUT2D eigenvalue weighted by atomic mass is 19.4. The van der Waals surface area contributed by atoms with E-state index in [1.807, 2.05) is 0 Å². The number of alkyl halides is 3. The number of anilines is 1. The van der Waals surface area contributed by atoms with E-state index in [2.05, 4.69) is 34.7 Å². The third kappa shape index (κ3) is 6.55. The first-order chi connectivity index (χ1) is 16.8. The number of hydrogen-bond donors (Lipinski definition) is 0. The van der Waals surface area contributed by atoms with Crippen molar-refractivity contribution in [3.05, 3.63) is 60.2 Å². The molecule has 1 fully saturated rings. The summed E-state index contributed by atoms with van der Waals surface area (Å²) in [5.74, 6) is 1.02. The van der Waals surface area contributed by atoms with Gasteiger partial charge < -0.3 is 19.2 Å². The van der Waals surface area contributed by atoms with Gasteiger partial charge in [-0.2, -0.15) is 4.98 Å². The van der Waals surface area contributed by atoms with Crippen molar-refractivity contribution in [1.29, 1.82) is 0 Å². The van der Waals surface area contributed by atoms with Crippen molar-refractivity contribution in [2.45, 2.75) is 39.2 Å². The molecule has 4 rings (SSSR count). The van der Waals surface area contributed by atoms with Gasteiger partial charge in [-0.3, -0.25) is 0 Å². The molecule has 0 N–H and O–H groups in total. The van der Waals surface area contributed by atoms with Crippen LogP contribution in [0.4, 0.5) is 19.1 Å². The Morgan fingerprint density at radius 2 is 1.66 bits per heavy atom. The normalized spacial score (nSPS) is 15.1. The first-order valence-corrected chi connectivity index (χ1v) is 10.9. The minimum atomic E-state index is -4.74. The molecule has 1 aliphatic heterocycles. The van der Waals surface area contributed by atoms with Crippen molar-refractivity contribution in [3.63, 3.8) is 0 Å². The Hall–Kier alpha value is -3.96. The molecular weight excluding hydrogens is 465 g/mol. The van der Waals surface area contributed by atoms with Gasteiger partial charge in [-0.25, -0.2) is 15.0 Å². The molecule has 1 aromatic carbocycles. The summed E-state index contributed by atoms with van der Waals surface area (Å²) in [4.78, 5) is 24.5. The van der Waals surface area contributed by atoms with E-state index in [4.69, 9.17) is 9.57 Å². The molecule has 0 spiro atoms. The number of benzene rings is 1. The van der Waals surface area contributed by atoms with Gasteiger partial charge in [-0.1, -0.05) is 5.16 Å². The van der Waals surface area contributed by atoms with E-state index in [1.165, 1.54) is 30.6 Å². The van der Waals surface area contributed by atoms with Crippen LogP contribution in [0.25, 0.3) is 0 Å². The molecule has 184 valence electrons. The Labute approximate surface area is 199 Å². The lowest BCUT2D eigenvalue weighted by atomic mass is 10.1. The van der Waals surface area contributed by atoms with Crippen molar-refractivity contribution in [1.82, 2.24) is 19.9 Å². The topological polar surface area (TPSA) is 94.9 Å². The fourth-order valence-electron chi connectivity index (χ4n) is 3.48. The molecule has 0 bridgehead atoms. The third-order valence-electron chi connectivity index (χ3n) is 5.32. The van der Waals surface area contributed by atoms with Crippen LogP contribution in [0.5, 0.6) is 17.5 Å². The Balaban J connectivity index is 1.35. The number of oxime groups is 1. The maximum Gasteiger partial charge on any atom is 0.573 e. The van der Waals surface area contributed by atoms with Crippen LogP contribution in [0, 0.1) is 6.92 Å². The summed E-state index contributed by atoms with van der Waals surface area (Å²) < 4.78 is 46.9. The zero-order valence-corrected chi connectivity index (χ0v) is 19.1. The quantitative estimate of drug-likeness (QED) is 0.358. The Morgan fingerprint density at radius 1 is 1.00 bits per heavy atom. The molecule has 0 radical (unpaired) electrons. The van der Waals surface area contributed by atoms with E-state index >= 15 is 0 Å². The summed E-state index contributed by atoms with van der Waals surface area (Å²) in [5.41, 5.74) is 1.60. The van der Waals surface area contributed by atoms with Gasteiger partial charge in [0.15, 0.2) is 0 Å². The first kappa shape index (κ1) is 24.2. The highest BCUT2D eigenvalue weighted by molar-refractivity contribution is 5.98. The third-order valence-corrected chi connectivity index (χ3v) is 5.32. The Morgan fingerprint density at radius 3 is 2.31 bits per heavy atom. The highest BCUT2D eigenvalue weighted by Crippen LogP contribution is 2.27. The summed E-state index contributed by atoms with van der Waals surface area (Å²) in [6.45, 7) is 4.96. The van der Waals surface area contributed by atoms with Crippen LogP contribution < -0.4 is 19.2 Å². The number of nitrogens with zero attached hydrogens (tertiary/aromatic N) is 6. The van der Waals surface area contributed by atoms with E-state index in [0.29, 0.717) is 28.7 Å². The summed E-state index contributed by atoms with van der Waals surface area (Å²) in [6, 6.07) is 7.11. The molecule has 35 heavy (non-hydrogen) atoms.